The molecular formula is C36H56N2O8. The lowest BCUT2D eigenvalue weighted by atomic mass is 9.67. The number of hydrogen-bond acceptors (Lipinski definition) is 9. The number of esters is 2. The van der Waals surface area contributed by atoms with Gasteiger partial charge in [0.25, 0.3) is 0 Å². The Balaban J connectivity index is 1.76. The van der Waals surface area contributed by atoms with Crippen LogP contribution in [0.15, 0.2) is 18.2 Å². The largest absolute Gasteiger partial charge is 0.504 e. The van der Waals surface area contributed by atoms with Gasteiger partial charge in [-0.2, -0.15) is 0 Å². The number of hydrogen-bond donors (Lipinski definition) is 4. The summed E-state index contributed by atoms with van der Waals surface area (Å²) in [5, 5.41) is 26.6. The Hall–Kier alpha value is -2.85. The zero-order chi connectivity index (χ0) is 33.2. The van der Waals surface area contributed by atoms with E-state index in [0.29, 0.717) is 50.7 Å². The number of aliphatic hydroxyl groups is 1. The summed E-state index contributed by atoms with van der Waals surface area (Å²) in [5.74, 6) is -0.400. The lowest BCUT2D eigenvalue weighted by molar-refractivity contribution is -0.179. The maximum atomic E-state index is 14.6. The molecule has 5 atom stereocenters. The van der Waals surface area contributed by atoms with E-state index in [4.69, 9.17) is 14.2 Å². The molecule has 46 heavy (non-hydrogen) atoms. The topological polar surface area (TPSA) is 143 Å². The molecule has 0 bridgehead atoms. The van der Waals surface area contributed by atoms with E-state index in [0.717, 1.165) is 70.0 Å². The Labute approximate surface area is 274 Å². The number of nitrogens with one attached hydrogen (secondary N) is 2. The average molecular weight is 645 g/mol. The van der Waals surface area contributed by atoms with Gasteiger partial charge in [-0.15, -0.1) is 0 Å². The molecule has 0 radical (unpaired) electrons. The minimum Gasteiger partial charge on any atom is -0.504 e. The molecule has 2 aliphatic heterocycles. The first-order valence-electron chi connectivity index (χ1n) is 17.5. The molecule has 4 N–H and O–H groups in total. The van der Waals surface area contributed by atoms with Gasteiger partial charge in [0.15, 0.2) is 11.5 Å². The van der Waals surface area contributed by atoms with Crippen molar-refractivity contribution in [3.63, 3.8) is 0 Å². The second-order valence-corrected chi connectivity index (χ2v) is 13.8. The van der Waals surface area contributed by atoms with Gasteiger partial charge in [0.05, 0.1) is 7.11 Å². The lowest BCUT2D eigenvalue weighted by Gasteiger charge is -2.49. The van der Waals surface area contributed by atoms with E-state index in [1.807, 2.05) is 12.1 Å². The molecule has 4 rings (SSSR count). The van der Waals surface area contributed by atoms with Crippen molar-refractivity contribution in [2.45, 2.75) is 128 Å². The molecule has 10 heteroatoms. The van der Waals surface area contributed by atoms with Gasteiger partial charge in [0.1, 0.15) is 17.7 Å². The minimum atomic E-state index is -1.04. The first kappa shape index (κ1) is 36.0. The number of fused-ring (bicyclic) bond motifs is 1. The maximum absolute atomic E-state index is 14.6. The van der Waals surface area contributed by atoms with Gasteiger partial charge in [-0.3, -0.25) is 9.59 Å². The van der Waals surface area contributed by atoms with Crippen LogP contribution in [0.5, 0.6) is 11.5 Å². The van der Waals surface area contributed by atoms with Crippen LogP contribution < -0.4 is 15.4 Å². The van der Waals surface area contributed by atoms with Crippen molar-refractivity contribution in [3.05, 3.63) is 23.8 Å². The summed E-state index contributed by atoms with van der Waals surface area (Å²) in [6, 6.07) is 5.35. The number of ether oxygens (including phenoxy) is 3. The van der Waals surface area contributed by atoms with Crippen molar-refractivity contribution in [3.8, 4) is 11.5 Å². The SMILES string of the molecule is CCCC[C@H](CCCO)[C@H](C[C@@H](OC(=O)[C@]12CCCC[C@H]1CCC(=O)N2)C1(Cc2ccc(O)c(OC)c2)CCNCC1)OC(C)=O. The highest BCUT2D eigenvalue weighted by Gasteiger charge is 2.54. The van der Waals surface area contributed by atoms with Crippen LogP contribution in [-0.2, 0) is 30.3 Å². The quantitative estimate of drug-likeness (QED) is 0.184. The van der Waals surface area contributed by atoms with Gasteiger partial charge < -0.3 is 35.1 Å². The third-order valence-electron chi connectivity index (χ3n) is 10.8. The Kier molecular flexibility index (Phi) is 13.2. The smallest absolute Gasteiger partial charge is 0.332 e. The van der Waals surface area contributed by atoms with Crippen molar-refractivity contribution in [1.82, 2.24) is 10.6 Å². The number of aromatic hydroxyl groups is 1. The number of piperidine rings is 2. The molecule has 2 saturated heterocycles. The van der Waals surface area contributed by atoms with Crippen LogP contribution in [-0.4, -0.2) is 72.6 Å². The fourth-order valence-corrected chi connectivity index (χ4v) is 8.27. The molecule has 0 spiro atoms. The lowest BCUT2D eigenvalue weighted by Crippen LogP contribution is -2.65. The van der Waals surface area contributed by atoms with Crippen molar-refractivity contribution >= 4 is 17.8 Å². The van der Waals surface area contributed by atoms with Crippen molar-refractivity contribution in [2.24, 2.45) is 17.3 Å². The number of benzene rings is 1. The highest BCUT2D eigenvalue weighted by molar-refractivity contribution is 5.90. The Bertz CT molecular complexity index is 1160. The number of carbonyl (C=O) groups excluding carboxylic acids is 3. The second kappa shape index (κ2) is 16.8. The predicted octanol–water partition coefficient (Wildman–Crippen LogP) is 4.96. The molecule has 1 amide bonds. The van der Waals surface area contributed by atoms with Crippen LogP contribution in [0, 0.1) is 17.3 Å². The zero-order valence-corrected chi connectivity index (χ0v) is 28.1. The molecule has 3 aliphatic rings. The molecule has 1 aromatic carbocycles. The molecule has 258 valence electrons. The number of carbonyl (C=O) groups is 3. The third-order valence-corrected chi connectivity index (χ3v) is 10.8. The molecule has 0 unspecified atom stereocenters. The number of aliphatic hydroxyl groups excluding tert-OH is 1. The summed E-state index contributed by atoms with van der Waals surface area (Å²) in [4.78, 5) is 39.9. The monoisotopic (exact) mass is 644 g/mol. The number of unbranched alkanes of at least 4 members (excludes halogenated alkanes) is 1. The Morgan fingerprint density at radius 1 is 1.07 bits per heavy atom. The molecule has 1 saturated carbocycles. The molecule has 1 aliphatic carbocycles. The Morgan fingerprint density at radius 2 is 1.83 bits per heavy atom. The average Bonchev–Trinajstić information content (AvgIpc) is 3.05. The number of rotatable bonds is 16. The van der Waals surface area contributed by atoms with Gasteiger partial charge in [0, 0.05) is 31.8 Å². The highest BCUT2D eigenvalue weighted by Crippen LogP contribution is 2.46. The normalized spacial score (nSPS) is 24.5. The standard InChI is InChI=1S/C36H56N2O8/c1-4-5-9-27(10-8-21-39)30(45-25(2)40)23-32(46-34(43)36-16-7-6-11-28(36)13-15-33(42)38-36)35(17-19-37-20-18-35)24-26-12-14-29(41)31(22-26)44-3/h12,14,22,27-28,30,32,37,39,41H,4-11,13,15-21,23-24H2,1-3H3,(H,38,42)/t27-,28+,30+,32-,36+/m1/s1. The van der Waals surface area contributed by atoms with Crippen LogP contribution in [0.25, 0.3) is 0 Å². The summed E-state index contributed by atoms with van der Waals surface area (Å²) in [6.07, 6.45) is 9.67. The van der Waals surface area contributed by atoms with Crippen LogP contribution in [0.4, 0.5) is 0 Å². The molecule has 10 nitrogen and oxygen atoms in total. The summed E-state index contributed by atoms with van der Waals surface area (Å²) in [7, 11) is 1.52. The van der Waals surface area contributed by atoms with E-state index >= 15 is 0 Å². The number of phenolic OH excluding ortho intramolecular Hbond substituents is 1. The van der Waals surface area contributed by atoms with Gasteiger partial charge in [-0.1, -0.05) is 38.7 Å². The van der Waals surface area contributed by atoms with E-state index in [2.05, 4.69) is 17.6 Å². The van der Waals surface area contributed by atoms with Crippen molar-refractivity contribution in [1.29, 1.82) is 0 Å². The molecule has 0 aromatic heterocycles. The van der Waals surface area contributed by atoms with Gasteiger partial charge >= 0.3 is 11.9 Å². The number of methoxy groups -OCH3 is 1. The van der Waals surface area contributed by atoms with Gasteiger partial charge in [0.2, 0.25) is 5.91 Å². The van der Waals surface area contributed by atoms with E-state index in [1.165, 1.54) is 14.0 Å². The molecule has 2 heterocycles. The summed E-state index contributed by atoms with van der Waals surface area (Å²) < 4.78 is 18.3. The van der Waals surface area contributed by atoms with Gasteiger partial charge in [-0.25, -0.2) is 4.79 Å². The third kappa shape index (κ3) is 8.73. The van der Waals surface area contributed by atoms with E-state index in [9.17, 15) is 24.6 Å². The van der Waals surface area contributed by atoms with Crippen LogP contribution in [0.3, 0.4) is 0 Å². The number of amides is 1. The van der Waals surface area contributed by atoms with E-state index in [-0.39, 0.29) is 42.0 Å². The first-order valence-corrected chi connectivity index (χ1v) is 17.5. The fourth-order valence-electron chi connectivity index (χ4n) is 8.27. The van der Waals surface area contributed by atoms with E-state index in [1.54, 1.807) is 6.07 Å². The zero-order valence-electron chi connectivity index (χ0n) is 28.1. The molecule has 3 fully saturated rings. The maximum Gasteiger partial charge on any atom is 0.332 e. The van der Waals surface area contributed by atoms with Crippen LogP contribution in [0.1, 0.15) is 109 Å². The minimum absolute atomic E-state index is 0.000269. The second-order valence-electron chi connectivity index (χ2n) is 13.8. The van der Waals surface area contributed by atoms with Crippen LogP contribution in [0.2, 0.25) is 0 Å². The van der Waals surface area contributed by atoms with Crippen LogP contribution >= 0.6 is 0 Å². The summed E-state index contributed by atoms with van der Waals surface area (Å²) in [6.45, 7) is 5.06. The van der Waals surface area contributed by atoms with Crippen molar-refractivity contribution in [2.75, 3.05) is 26.8 Å². The van der Waals surface area contributed by atoms with Crippen molar-refractivity contribution < 1.29 is 38.8 Å². The predicted molar refractivity (Wildman–Crippen MR) is 174 cm³/mol. The van der Waals surface area contributed by atoms with Gasteiger partial charge in [-0.05, 0) is 100 Å². The number of phenols is 1. The summed E-state index contributed by atoms with van der Waals surface area (Å²) >= 11 is 0. The van der Waals surface area contributed by atoms with E-state index < -0.39 is 23.2 Å². The molecule has 1 aromatic rings. The Morgan fingerprint density at radius 3 is 2.52 bits per heavy atom. The first-order chi connectivity index (χ1) is 22.2. The summed E-state index contributed by atoms with van der Waals surface area (Å²) in [5.41, 5.74) is -0.603. The fraction of sp³-hybridized carbons (Fsp3) is 0.750. The highest BCUT2D eigenvalue weighted by atomic mass is 16.6. The molecular weight excluding hydrogens is 588 g/mol.